The Morgan fingerprint density at radius 2 is 1.97 bits per heavy atom. The molecule has 157 valence electrons. The topological polar surface area (TPSA) is 26.3 Å². The van der Waals surface area contributed by atoms with Crippen molar-refractivity contribution in [1.29, 1.82) is 0 Å². The molecule has 0 N–H and O–H groups in total. The zero-order valence-corrected chi connectivity index (χ0v) is 24.0. The van der Waals surface area contributed by atoms with Gasteiger partial charge in [0.05, 0.1) is 0 Å². The zero-order chi connectivity index (χ0) is 21.2. The summed E-state index contributed by atoms with van der Waals surface area (Å²) < 4.78 is 7.70. The maximum absolute atomic E-state index is 11.5. The van der Waals surface area contributed by atoms with Gasteiger partial charge in [0.1, 0.15) is 0 Å². The van der Waals surface area contributed by atoms with Crippen LogP contribution in [-0.4, -0.2) is 18.0 Å². The van der Waals surface area contributed by atoms with Crippen LogP contribution in [0.4, 0.5) is 0 Å². The van der Waals surface area contributed by atoms with Crippen LogP contribution in [0.15, 0.2) is 43.0 Å². The Balaban J connectivity index is 1.79. The van der Waals surface area contributed by atoms with Gasteiger partial charge in [0.25, 0.3) is 0 Å². The van der Waals surface area contributed by atoms with E-state index in [4.69, 9.17) is 39.5 Å². The molecule has 0 aliphatic heterocycles. The van der Waals surface area contributed by atoms with E-state index in [2.05, 4.69) is 37.8 Å². The quantitative estimate of drug-likeness (QED) is 0.112. The number of halogens is 3. The third-order valence-corrected chi connectivity index (χ3v) is 13.0. The van der Waals surface area contributed by atoms with Gasteiger partial charge in [-0.15, -0.1) is 0 Å². The molecule has 0 amide bonds. The van der Waals surface area contributed by atoms with Crippen molar-refractivity contribution >= 4 is 41.5 Å². The van der Waals surface area contributed by atoms with Crippen molar-refractivity contribution in [2.45, 2.75) is 46.0 Å². The number of carbonyl (C=O) groups is 1. The molecule has 2 nitrogen and oxygen atoms in total. The number of carbonyl (C=O) groups excluding carboxylic acids is 1. The molecule has 4 atom stereocenters. The van der Waals surface area contributed by atoms with Gasteiger partial charge < -0.3 is 0 Å². The number of rotatable bonds is 11. The Bertz CT molecular complexity index is 687. The summed E-state index contributed by atoms with van der Waals surface area (Å²) in [5.74, 6) is 1.74. The van der Waals surface area contributed by atoms with E-state index in [0.29, 0.717) is 30.8 Å². The molecule has 1 saturated carbocycles. The molecule has 1 aromatic carbocycles. The van der Waals surface area contributed by atoms with Gasteiger partial charge in [0, 0.05) is 0 Å². The summed E-state index contributed by atoms with van der Waals surface area (Å²) in [4.78, 5) is 11.5. The van der Waals surface area contributed by atoms with E-state index in [1.807, 2.05) is 0 Å². The van der Waals surface area contributed by atoms with Crippen LogP contribution in [0.3, 0.4) is 0 Å². The molecule has 0 spiro atoms. The minimum absolute atomic E-state index is 0.155. The molecule has 0 radical (unpaired) electrons. The van der Waals surface area contributed by atoms with Crippen LogP contribution in [0, 0.1) is 57.5 Å². The predicted octanol–water partition coefficient (Wildman–Crippen LogP) is 6.85. The molecule has 29 heavy (non-hydrogen) atoms. The Hall–Kier alpha value is 0.482. The summed E-state index contributed by atoms with van der Waals surface area (Å²) in [6.45, 7) is 6.18. The summed E-state index contributed by atoms with van der Waals surface area (Å²) in [6, 6.07) is 6.00. The fraction of sp³-hybridized carbons (Fsp3) is 0.522. The van der Waals surface area contributed by atoms with Gasteiger partial charge in [-0.25, -0.2) is 0 Å². The van der Waals surface area contributed by atoms with Gasteiger partial charge in [0.15, 0.2) is 0 Å². The summed E-state index contributed by atoms with van der Waals surface area (Å²) in [5, 5.41) is 1.74. The molecule has 1 aliphatic carbocycles. The van der Waals surface area contributed by atoms with Crippen LogP contribution in [-0.2, 0) is 9.53 Å². The maximum atomic E-state index is 11.5. The van der Waals surface area contributed by atoms with Crippen molar-refractivity contribution < 1.29 is 49.2 Å². The van der Waals surface area contributed by atoms with Crippen molar-refractivity contribution in [1.82, 2.24) is 0 Å². The van der Waals surface area contributed by atoms with Gasteiger partial charge in [-0.1, -0.05) is 12.7 Å². The summed E-state index contributed by atoms with van der Waals surface area (Å²) in [5.41, 5.74) is 0. The standard InChI is InChI=1S/C17H26ClO2.C6H3Cl2.Ac/c1-4-11-20-17(19)10-8-6-5-7-9-15-14(3)13(2)12-16(15)18;7-5-2-1-3-6(8)4-5;/h4-5,7,13-16H,1,3,6,8-12H2,2H3;2-4H;/b7-5-;;/t13-,14+,15-,16-;;/m1../s1. The van der Waals surface area contributed by atoms with Crippen molar-refractivity contribution in [3.8, 4) is 0 Å². The van der Waals surface area contributed by atoms with Gasteiger partial charge in [0.2, 0.25) is 0 Å². The zero-order valence-electron chi connectivity index (χ0n) is 17.0. The fourth-order valence-corrected chi connectivity index (χ4v) is 14.1. The summed E-state index contributed by atoms with van der Waals surface area (Å²) in [6.07, 6.45) is 10.3. The van der Waals surface area contributed by atoms with E-state index < -0.39 is 39.7 Å². The van der Waals surface area contributed by atoms with Crippen molar-refractivity contribution in [2.75, 3.05) is 6.61 Å². The van der Waals surface area contributed by atoms with Crippen LogP contribution >= 0.6 is 34.8 Å². The summed E-state index contributed by atoms with van der Waals surface area (Å²) >= 11 is 17.8. The minimum atomic E-state index is -1.24. The first kappa shape index (κ1) is 25.7. The molecule has 0 saturated heterocycles. The fourth-order valence-electron chi connectivity index (χ4n) is 4.05. The van der Waals surface area contributed by atoms with Crippen LogP contribution in [0.1, 0.15) is 39.0 Å². The van der Waals surface area contributed by atoms with Crippen molar-refractivity contribution in [3.05, 3.63) is 53.1 Å². The molecule has 1 fully saturated rings. The van der Waals surface area contributed by atoms with Gasteiger partial charge in [-0.2, -0.15) is 0 Å². The molecule has 6 heteroatoms. The Morgan fingerprint density at radius 3 is 2.66 bits per heavy atom. The Kier molecular flexibility index (Phi) is 12.2. The number of unbranched alkanes of at least 4 members (excludes halogenated alkanes) is 1. The number of benzene rings is 1. The third kappa shape index (κ3) is 9.24. The number of hydrogen-bond donors (Lipinski definition) is 0. The number of allylic oxidation sites excluding steroid dienone is 2. The van der Waals surface area contributed by atoms with Gasteiger partial charge >= 0.3 is 202 Å². The number of esters is 1. The Labute approximate surface area is 211 Å². The van der Waals surface area contributed by atoms with E-state index in [1.165, 1.54) is 2.34 Å². The molecule has 2 rings (SSSR count). The molecule has 0 heterocycles. The van der Waals surface area contributed by atoms with E-state index in [1.54, 1.807) is 12.1 Å². The molecule has 0 bridgehead atoms. The monoisotopic (exact) mass is 669 g/mol. The van der Waals surface area contributed by atoms with Crippen molar-refractivity contribution in [2.24, 2.45) is 17.8 Å². The molecule has 1 aromatic rings. The summed E-state index contributed by atoms with van der Waals surface area (Å²) in [7, 11) is 0. The average Bonchev–Trinajstić information content (AvgIpc) is 2.93. The van der Waals surface area contributed by atoms with Crippen LogP contribution in [0.2, 0.25) is 11.6 Å². The first-order chi connectivity index (χ1) is 13.9. The van der Waals surface area contributed by atoms with Crippen molar-refractivity contribution in [3.63, 3.8) is 0 Å². The molecule has 0 unspecified atom stereocenters. The van der Waals surface area contributed by atoms with E-state index in [0.717, 1.165) is 35.7 Å². The SMILES string of the molecule is C=CCOC(=O)CCC/C=C\C[C@@H]1[C@@H]([CH2][Ac][c]2cc(Cl)cc(Cl)c2)[C@H](C)C[C@H]1Cl. The molecular formula is C23H29AcCl3O2. The molecule has 0 aromatic heterocycles. The van der Waals surface area contributed by atoms with Crippen LogP contribution in [0.5, 0.6) is 0 Å². The number of ether oxygens (including phenoxy) is 1. The second kappa shape index (κ2) is 13.8. The van der Waals surface area contributed by atoms with E-state index in [-0.39, 0.29) is 11.3 Å². The van der Waals surface area contributed by atoms with Crippen LogP contribution in [0.25, 0.3) is 0 Å². The second-order valence-electron chi connectivity index (χ2n) is 7.77. The number of hydrogen-bond acceptors (Lipinski definition) is 2. The van der Waals surface area contributed by atoms with E-state index in [9.17, 15) is 4.79 Å². The second-order valence-corrected chi connectivity index (χ2v) is 15.6. The molecular weight excluding hydrogens is 642 g/mol. The first-order valence-electron chi connectivity index (χ1n) is 10.3. The van der Waals surface area contributed by atoms with Gasteiger partial charge in [-0.3, -0.25) is 0 Å². The van der Waals surface area contributed by atoms with E-state index >= 15 is 0 Å². The first-order valence-corrected chi connectivity index (χ1v) is 17.2. The average molecular weight is 671 g/mol. The van der Waals surface area contributed by atoms with Gasteiger partial charge in [-0.05, 0) is 0 Å². The normalized spacial score (nSPS) is 23.9. The third-order valence-electron chi connectivity index (χ3n) is 5.54. The molecule has 1 aliphatic rings. The Morgan fingerprint density at radius 1 is 1.24 bits per heavy atom. The predicted molar refractivity (Wildman–Crippen MR) is 120 cm³/mol. The van der Waals surface area contributed by atoms with Crippen LogP contribution < -0.4 is 0.743 Å². The number of alkyl halides is 1.